The lowest BCUT2D eigenvalue weighted by Gasteiger charge is -2.27. The maximum absolute atomic E-state index is 12.6. The third kappa shape index (κ3) is 2.46. The van der Waals surface area contributed by atoms with Gasteiger partial charge in [0.05, 0.1) is 19.4 Å². The molecule has 0 aromatic carbocycles. The van der Waals surface area contributed by atoms with E-state index in [0.717, 1.165) is 12.3 Å². The Hall–Kier alpha value is -0.820. The van der Waals surface area contributed by atoms with E-state index in [4.69, 9.17) is 9.47 Å². The smallest absolute Gasteiger partial charge is 0.420 e. The minimum absolute atomic E-state index is 0.122. The fourth-order valence-corrected chi connectivity index (χ4v) is 1.53. The second kappa shape index (κ2) is 4.21. The number of hydrogen-bond donors (Lipinski definition) is 0. The second-order valence-electron chi connectivity index (χ2n) is 3.28. The van der Waals surface area contributed by atoms with E-state index in [0.29, 0.717) is 13.2 Å². The van der Waals surface area contributed by atoms with Gasteiger partial charge in [0.2, 0.25) is 0 Å². The van der Waals surface area contributed by atoms with Gasteiger partial charge >= 0.3 is 6.18 Å². The summed E-state index contributed by atoms with van der Waals surface area (Å²) in [5.74, 6) is -0.260. The topological polar surface area (TPSA) is 31.4 Å². The first kappa shape index (κ1) is 11.7. The number of aromatic nitrogens is 1. The first-order valence-electron chi connectivity index (χ1n) is 4.44. The minimum atomic E-state index is -4.45. The highest BCUT2D eigenvalue weighted by Crippen LogP contribution is 2.37. The van der Waals surface area contributed by atoms with Gasteiger partial charge in [-0.1, -0.05) is 0 Å². The third-order valence-corrected chi connectivity index (χ3v) is 2.47. The molecule has 1 aromatic rings. The van der Waals surface area contributed by atoms with Gasteiger partial charge in [0.25, 0.3) is 0 Å². The monoisotopic (exact) mass is 297 g/mol. The lowest BCUT2D eigenvalue weighted by Crippen LogP contribution is -2.39. The molecular weight excluding hydrogens is 291 g/mol. The predicted molar refractivity (Wildman–Crippen MR) is 52.2 cm³/mol. The summed E-state index contributed by atoms with van der Waals surface area (Å²) in [6.07, 6.45) is -3.71. The Morgan fingerprint density at radius 1 is 1.44 bits per heavy atom. The SMILES string of the molecule is FC(F)(F)c1cc(Br)ncc1OC1COC1. The molecule has 0 saturated carbocycles. The highest BCUT2D eigenvalue weighted by atomic mass is 79.9. The van der Waals surface area contributed by atoms with Crippen LogP contribution in [0.1, 0.15) is 5.56 Å². The molecule has 1 saturated heterocycles. The summed E-state index contributed by atoms with van der Waals surface area (Å²) < 4.78 is 48.0. The van der Waals surface area contributed by atoms with Gasteiger partial charge in [0.15, 0.2) is 5.75 Å². The molecule has 88 valence electrons. The van der Waals surface area contributed by atoms with Gasteiger partial charge < -0.3 is 9.47 Å². The van der Waals surface area contributed by atoms with Crippen molar-refractivity contribution in [1.29, 1.82) is 0 Å². The molecule has 2 rings (SSSR count). The van der Waals surface area contributed by atoms with Crippen LogP contribution in [0, 0.1) is 0 Å². The van der Waals surface area contributed by atoms with Gasteiger partial charge in [-0.2, -0.15) is 13.2 Å². The molecule has 1 fully saturated rings. The van der Waals surface area contributed by atoms with Crippen LogP contribution >= 0.6 is 15.9 Å². The molecule has 7 heteroatoms. The maximum atomic E-state index is 12.6. The van der Waals surface area contributed by atoms with Crippen molar-refractivity contribution in [2.45, 2.75) is 12.3 Å². The van der Waals surface area contributed by atoms with Crippen LogP contribution in [0.15, 0.2) is 16.9 Å². The van der Waals surface area contributed by atoms with Crippen molar-refractivity contribution < 1.29 is 22.6 Å². The Balaban J connectivity index is 2.28. The molecule has 3 nitrogen and oxygen atoms in total. The molecular formula is C9H7BrF3NO2. The summed E-state index contributed by atoms with van der Waals surface area (Å²) >= 11 is 2.89. The van der Waals surface area contributed by atoms with Crippen LogP contribution in [0.3, 0.4) is 0 Å². The predicted octanol–water partition coefficient (Wildman–Crippen LogP) is 2.64. The average molecular weight is 298 g/mol. The lowest BCUT2D eigenvalue weighted by molar-refractivity contribution is -0.142. The molecule has 16 heavy (non-hydrogen) atoms. The Morgan fingerprint density at radius 3 is 2.62 bits per heavy atom. The number of alkyl halides is 3. The highest BCUT2D eigenvalue weighted by molar-refractivity contribution is 9.10. The zero-order valence-electron chi connectivity index (χ0n) is 7.92. The number of pyridine rings is 1. The molecule has 0 unspecified atom stereocenters. The van der Waals surface area contributed by atoms with E-state index < -0.39 is 11.7 Å². The molecule has 0 aliphatic carbocycles. The van der Waals surface area contributed by atoms with E-state index in [1.807, 2.05) is 0 Å². The highest BCUT2D eigenvalue weighted by Gasteiger charge is 2.36. The fraction of sp³-hybridized carbons (Fsp3) is 0.444. The van der Waals surface area contributed by atoms with Crippen LogP contribution in [0.5, 0.6) is 5.75 Å². The summed E-state index contributed by atoms with van der Waals surface area (Å²) in [6.45, 7) is 0.626. The molecule has 0 atom stereocenters. The minimum Gasteiger partial charge on any atom is -0.483 e. The van der Waals surface area contributed by atoms with Gasteiger partial charge in [-0.3, -0.25) is 0 Å². The van der Waals surface area contributed by atoms with Crippen LogP contribution in [-0.4, -0.2) is 24.3 Å². The van der Waals surface area contributed by atoms with Crippen molar-refractivity contribution in [3.8, 4) is 5.75 Å². The number of rotatable bonds is 2. The molecule has 1 aromatic heterocycles. The van der Waals surface area contributed by atoms with E-state index >= 15 is 0 Å². The Labute approximate surface area is 97.7 Å². The van der Waals surface area contributed by atoms with Crippen LogP contribution in [0.2, 0.25) is 0 Å². The van der Waals surface area contributed by atoms with Crippen LogP contribution in [0.4, 0.5) is 13.2 Å². The molecule has 2 heterocycles. The quantitative estimate of drug-likeness (QED) is 0.787. The van der Waals surface area contributed by atoms with Crippen molar-refractivity contribution in [2.75, 3.05) is 13.2 Å². The lowest BCUT2D eigenvalue weighted by atomic mass is 10.2. The van der Waals surface area contributed by atoms with Gasteiger partial charge in [-0.05, 0) is 22.0 Å². The number of nitrogens with zero attached hydrogens (tertiary/aromatic N) is 1. The normalized spacial score (nSPS) is 17.0. The van der Waals surface area contributed by atoms with Crippen LogP contribution in [-0.2, 0) is 10.9 Å². The molecule has 0 bridgehead atoms. The number of halogens is 4. The van der Waals surface area contributed by atoms with E-state index in [9.17, 15) is 13.2 Å². The molecule has 1 aliphatic heterocycles. The second-order valence-corrected chi connectivity index (χ2v) is 4.09. The van der Waals surface area contributed by atoms with E-state index in [1.165, 1.54) is 0 Å². The largest absolute Gasteiger partial charge is 0.483 e. The van der Waals surface area contributed by atoms with Gasteiger partial charge in [-0.25, -0.2) is 4.98 Å². The van der Waals surface area contributed by atoms with Gasteiger partial charge in [-0.15, -0.1) is 0 Å². The van der Waals surface area contributed by atoms with Gasteiger partial charge in [0, 0.05) is 0 Å². The Bertz CT molecular complexity index is 393. The summed E-state index contributed by atoms with van der Waals surface area (Å²) in [4.78, 5) is 3.72. The summed E-state index contributed by atoms with van der Waals surface area (Å²) in [5, 5.41) is 0. The molecule has 0 N–H and O–H groups in total. The summed E-state index contributed by atoms with van der Waals surface area (Å²) in [7, 11) is 0. The van der Waals surface area contributed by atoms with E-state index in [1.54, 1.807) is 0 Å². The number of hydrogen-bond acceptors (Lipinski definition) is 3. The van der Waals surface area contributed by atoms with Crippen LogP contribution in [0.25, 0.3) is 0 Å². The third-order valence-electron chi connectivity index (χ3n) is 2.04. The number of ether oxygens (including phenoxy) is 2. The standard InChI is InChI=1S/C9H7BrF3NO2/c10-8-1-6(9(11,12)13)7(2-14-8)16-5-3-15-4-5/h1-2,5H,3-4H2. The summed E-state index contributed by atoms with van der Waals surface area (Å²) in [6, 6.07) is 0.898. The van der Waals surface area contributed by atoms with Crippen molar-refractivity contribution in [2.24, 2.45) is 0 Å². The van der Waals surface area contributed by atoms with Gasteiger partial charge in [0.1, 0.15) is 16.3 Å². The molecule has 0 radical (unpaired) electrons. The maximum Gasteiger partial charge on any atom is 0.420 e. The Morgan fingerprint density at radius 2 is 2.12 bits per heavy atom. The summed E-state index contributed by atoms with van der Waals surface area (Å²) in [5.41, 5.74) is -0.832. The molecule has 0 amide bonds. The zero-order valence-corrected chi connectivity index (χ0v) is 9.51. The first-order valence-corrected chi connectivity index (χ1v) is 5.23. The van der Waals surface area contributed by atoms with E-state index in [-0.39, 0.29) is 16.5 Å². The van der Waals surface area contributed by atoms with Crippen LogP contribution < -0.4 is 4.74 Å². The van der Waals surface area contributed by atoms with Crippen molar-refractivity contribution in [1.82, 2.24) is 4.98 Å². The van der Waals surface area contributed by atoms with E-state index in [2.05, 4.69) is 20.9 Å². The van der Waals surface area contributed by atoms with Crippen molar-refractivity contribution in [3.05, 3.63) is 22.4 Å². The first-order chi connectivity index (χ1) is 7.47. The average Bonchev–Trinajstić information content (AvgIpc) is 2.11. The zero-order chi connectivity index (χ0) is 11.8. The molecule has 1 aliphatic rings. The fourth-order valence-electron chi connectivity index (χ4n) is 1.19. The van der Waals surface area contributed by atoms with Crippen molar-refractivity contribution in [3.63, 3.8) is 0 Å². The van der Waals surface area contributed by atoms with Crippen molar-refractivity contribution >= 4 is 15.9 Å². The Kier molecular flexibility index (Phi) is 3.07. The molecule has 0 spiro atoms.